The fourth-order valence-electron chi connectivity index (χ4n) is 5.34. The first-order valence-electron chi connectivity index (χ1n) is 13.4. The van der Waals surface area contributed by atoms with E-state index in [0.717, 1.165) is 59.4 Å². The Hall–Kier alpha value is -3.17. The molecule has 1 aromatic heterocycles. The van der Waals surface area contributed by atoms with Crippen LogP contribution in [-0.2, 0) is 14.3 Å². The van der Waals surface area contributed by atoms with E-state index in [2.05, 4.69) is 28.6 Å². The summed E-state index contributed by atoms with van der Waals surface area (Å²) < 4.78 is 4.72. The Morgan fingerprint density at radius 2 is 1.92 bits per heavy atom. The van der Waals surface area contributed by atoms with Crippen LogP contribution in [0.5, 0.6) is 0 Å². The highest BCUT2D eigenvalue weighted by Crippen LogP contribution is 2.41. The predicted molar refractivity (Wildman–Crippen MR) is 153 cm³/mol. The lowest BCUT2D eigenvalue weighted by atomic mass is 9.81. The number of nitrogens with two attached hydrogens (primary N) is 1. The molecule has 0 spiro atoms. The lowest BCUT2D eigenvalue weighted by molar-refractivity contribution is -0.127. The van der Waals surface area contributed by atoms with Crippen molar-refractivity contribution >= 4 is 46.7 Å². The Morgan fingerprint density at radius 3 is 2.61 bits per heavy atom. The van der Waals surface area contributed by atoms with E-state index in [1.165, 1.54) is 7.11 Å². The summed E-state index contributed by atoms with van der Waals surface area (Å²) in [7, 11) is 1.30. The molecule has 9 heteroatoms. The largest absolute Gasteiger partial charge is 0.453 e. The second-order valence-corrected chi connectivity index (χ2v) is 11.5. The van der Waals surface area contributed by atoms with E-state index in [1.807, 2.05) is 19.1 Å². The van der Waals surface area contributed by atoms with Crippen molar-refractivity contribution in [2.75, 3.05) is 24.3 Å². The van der Waals surface area contributed by atoms with Gasteiger partial charge < -0.3 is 21.1 Å². The zero-order chi connectivity index (χ0) is 27.2. The number of hydrogen-bond acceptors (Lipinski definition) is 6. The van der Waals surface area contributed by atoms with Crippen molar-refractivity contribution in [2.45, 2.75) is 57.9 Å². The van der Waals surface area contributed by atoms with Crippen molar-refractivity contribution < 1.29 is 19.1 Å². The minimum absolute atomic E-state index is 0.0173. The van der Waals surface area contributed by atoms with E-state index in [9.17, 15) is 14.4 Å². The quantitative estimate of drug-likeness (QED) is 0.377. The highest BCUT2D eigenvalue weighted by molar-refractivity contribution is 7.13. The van der Waals surface area contributed by atoms with E-state index in [1.54, 1.807) is 23.5 Å². The van der Waals surface area contributed by atoms with E-state index >= 15 is 0 Å². The Labute approximate surface area is 228 Å². The van der Waals surface area contributed by atoms with Crippen molar-refractivity contribution in [3.8, 4) is 11.1 Å². The van der Waals surface area contributed by atoms with Crippen LogP contribution in [0.15, 0.2) is 30.8 Å². The molecule has 38 heavy (non-hydrogen) atoms. The van der Waals surface area contributed by atoms with Crippen LogP contribution >= 0.6 is 11.3 Å². The number of methoxy groups -OCH3 is 1. The molecule has 1 aliphatic carbocycles. The number of anilines is 2. The molecule has 2 atom stereocenters. The molecule has 3 amide bonds. The van der Waals surface area contributed by atoms with Gasteiger partial charge in [0.25, 0.3) is 0 Å². The average molecular weight is 539 g/mol. The number of carbonyl (C=O) groups excluding carboxylic acids is 3. The molecule has 5 N–H and O–H groups in total. The highest BCUT2D eigenvalue weighted by Gasteiger charge is 2.29. The third-order valence-corrected chi connectivity index (χ3v) is 9.00. The number of amides is 3. The fraction of sp³-hybridized carbons (Fsp3) is 0.483. The highest BCUT2D eigenvalue weighted by atomic mass is 32.1. The van der Waals surface area contributed by atoms with Gasteiger partial charge in [0, 0.05) is 38.4 Å². The number of thiophene rings is 1. The molecule has 1 aromatic carbocycles. The number of hydrogen-bond donors (Lipinski definition) is 4. The molecule has 1 aliphatic heterocycles. The number of nitrogens with one attached hydrogen (secondary N) is 3. The van der Waals surface area contributed by atoms with Gasteiger partial charge in [0.2, 0.25) is 11.8 Å². The number of ether oxygens (including phenoxy) is 1. The number of carbonyl (C=O) groups is 3. The topological polar surface area (TPSA) is 123 Å². The smallest absolute Gasteiger partial charge is 0.411 e. The van der Waals surface area contributed by atoms with Crippen LogP contribution in [0.25, 0.3) is 17.2 Å². The third-order valence-electron chi connectivity index (χ3n) is 7.75. The Morgan fingerprint density at radius 1 is 1.16 bits per heavy atom. The molecule has 0 radical (unpaired) electrons. The van der Waals surface area contributed by atoms with Gasteiger partial charge in [-0.25, -0.2) is 4.79 Å². The second kappa shape index (κ2) is 12.6. The Kier molecular flexibility index (Phi) is 9.22. The molecule has 1 fully saturated rings. The van der Waals surface area contributed by atoms with Crippen molar-refractivity contribution in [2.24, 2.45) is 23.5 Å². The van der Waals surface area contributed by atoms with Crippen molar-refractivity contribution in [1.29, 1.82) is 0 Å². The molecule has 4 rings (SSSR count). The molecular weight excluding hydrogens is 500 g/mol. The van der Waals surface area contributed by atoms with Crippen LogP contribution in [0.2, 0.25) is 0 Å². The van der Waals surface area contributed by atoms with Crippen LogP contribution < -0.4 is 21.7 Å². The summed E-state index contributed by atoms with van der Waals surface area (Å²) in [5.41, 5.74) is 8.70. The van der Waals surface area contributed by atoms with Crippen LogP contribution in [0.4, 0.5) is 16.2 Å². The number of rotatable bonds is 5. The van der Waals surface area contributed by atoms with E-state index in [-0.39, 0.29) is 29.7 Å². The lowest BCUT2D eigenvalue weighted by Crippen LogP contribution is -2.36. The SMILES string of the molecule is C=Cc1sc2cc1-c1ccc(NC(=O)OC)cc1NC(=O)[C@H](C)CCC[C@@H]2NC(=O)[C@H]1CC[C@H](CN)CC1. The second-order valence-electron chi connectivity index (χ2n) is 10.3. The van der Waals surface area contributed by atoms with Crippen molar-refractivity contribution in [1.82, 2.24) is 5.32 Å². The zero-order valence-electron chi connectivity index (χ0n) is 22.2. The molecule has 2 heterocycles. The molecular formula is C29H38N4O4S. The maximum absolute atomic E-state index is 13.3. The first kappa shape index (κ1) is 27.9. The summed E-state index contributed by atoms with van der Waals surface area (Å²) >= 11 is 1.61. The molecule has 8 nitrogen and oxygen atoms in total. The van der Waals surface area contributed by atoms with Crippen molar-refractivity contribution in [3.63, 3.8) is 0 Å². The van der Waals surface area contributed by atoms with Gasteiger partial charge in [0.15, 0.2) is 0 Å². The van der Waals surface area contributed by atoms with Crippen LogP contribution in [0, 0.1) is 17.8 Å². The zero-order valence-corrected chi connectivity index (χ0v) is 23.0. The Balaban J connectivity index is 1.67. The predicted octanol–water partition coefficient (Wildman–Crippen LogP) is 5.92. The molecule has 204 valence electrons. The van der Waals surface area contributed by atoms with Crippen LogP contribution in [0.3, 0.4) is 0 Å². The first-order valence-corrected chi connectivity index (χ1v) is 14.2. The number of fused-ring (bicyclic) bond motifs is 4. The number of benzene rings is 1. The van der Waals surface area contributed by atoms with Gasteiger partial charge in [-0.1, -0.05) is 32.1 Å². The van der Waals surface area contributed by atoms with Crippen LogP contribution in [0.1, 0.15) is 67.7 Å². The molecule has 2 aromatic rings. The van der Waals surface area contributed by atoms with Crippen LogP contribution in [-0.4, -0.2) is 31.6 Å². The molecule has 1 saturated carbocycles. The van der Waals surface area contributed by atoms with Crippen molar-refractivity contribution in [3.05, 3.63) is 40.6 Å². The summed E-state index contributed by atoms with van der Waals surface area (Å²) in [5.74, 6) is 0.344. The summed E-state index contributed by atoms with van der Waals surface area (Å²) in [5, 5.41) is 9.08. The minimum atomic E-state index is -0.586. The summed E-state index contributed by atoms with van der Waals surface area (Å²) in [6.45, 7) is 6.62. The first-order chi connectivity index (χ1) is 18.3. The Bertz CT molecular complexity index is 1190. The summed E-state index contributed by atoms with van der Waals surface area (Å²) in [4.78, 5) is 40.2. The maximum Gasteiger partial charge on any atom is 0.411 e. The van der Waals surface area contributed by atoms with Gasteiger partial charge in [-0.3, -0.25) is 14.9 Å². The molecule has 0 saturated heterocycles. The van der Waals surface area contributed by atoms with Gasteiger partial charge in [-0.2, -0.15) is 0 Å². The van der Waals surface area contributed by atoms with Gasteiger partial charge in [0.05, 0.1) is 18.8 Å². The van der Waals surface area contributed by atoms with E-state index in [4.69, 9.17) is 10.5 Å². The van der Waals surface area contributed by atoms with Gasteiger partial charge in [-0.15, -0.1) is 11.3 Å². The lowest BCUT2D eigenvalue weighted by Gasteiger charge is -2.28. The monoisotopic (exact) mass is 538 g/mol. The molecule has 0 unspecified atom stereocenters. The fourth-order valence-corrected chi connectivity index (χ4v) is 6.45. The van der Waals surface area contributed by atoms with Gasteiger partial charge in [0.1, 0.15) is 0 Å². The average Bonchev–Trinajstić information content (AvgIpc) is 3.36. The molecule has 2 aliphatic rings. The summed E-state index contributed by atoms with van der Waals surface area (Å²) in [6, 6.07) is 7.36. The van der Waals surface area contributed by atoms with E-state index < -0.39 is 6.09 Å². The molecule has 2 bridgehead atoms. The standard InChI is InChI=1S/C29H38N4O4S/c1-4-25-22-15-26(38-25)23(32-28(35)19-10-8-18(16-30)9-11-19)7-5-6-17(2)27(34)33-24-14-20(12-13-21(22)24)31-29(36)37-3/h4,12-15,17-19,23H,1,5-11,16,30H2,2-3H3,(H,31,36)(H,32,35)(H,33,34)/t17-,18-,19-,23+/m1/s1. The third kappa shape index (κ3) is 6.45. The van der Waals surface area contributed by atoms with Gasteiger partial charge in [-0.05, 0) is 69.2 Å². The summed E-state index contributed by atoms with van der Waals surface area (Å²) in [6.07, 6.45) is 7.23. The minimum Gasteiger partial charge on any atom is -0.453 e. The van der Waals surface area contributed by atoms with Gasteiger partial charge >= 0.3 is 6.09 Å². The van der Waals surface area contributed by atoms with E-state index in [0.29, 0.717) is 30.3 Å². The maximum atomic E-state index is 13.3. The normalized spacial score (nSPS) is 23.6.